The molecule has 6 heteroatoms. The van der Waals surface area contributed by atoms with E-state index >= 15 is 0 Å². The highest BCUT2D eigenvalue weighted by atomic mass is 15.3. The normalized spacial score (nSPS) is 16.4. The number of anilines is 3. The molecule has 1 aliphatic carbocycles. The van der Waals surface area contributed by atoms with Gasteiger partial charge in [0.2, 0.25) is 5.95 Å². The van der Waals surface area contributed by atoms with Crippen molar-refractivity contribution in [2.24, 2.45) is 5.84 Å². The van der Waals surface area contributed by atoms with Crippen LogP contribution in [-0.2, 0) is 6.42 Å². The minimum Gasteiger partial charge on any atom is -0.369 e. The van der Waals surface area contributed by atoms with Crippen molar-refractivity contribution in [1.82, 2.24) is 9.97 Å². The van der Waals surface area contributed by atoms with Gasteiger partial charge in [0.25, 0.3) is 0 Å². The summed E-state index contributed by atoms with van der Waals surface area (Å²) >= 11 is 0. The van der Waals surface area contributed by atoms with Crippen molar-refractivity contribution in [3.8, 4) is 0 Å². The van der Waals surface area contributed by atoms with Crippen molar-refractivity contribution in [3.63, 3.8) is 0 Å². The monoisotopic (exact) mass is 256 g/mol. The van der Waals surface area contributed by atoms with Gasteiger partial charge in [-0.2, -0.15) is 9.97 Å². The number of hydrazine groups is 1. The van der Waals surface area contributed by atoms with Crippen molar-refractivity contribution in [2.45, 2.75) is 12.3 Å². The summed E-state index contributed by atoms with van der Waals surface area (Å²) in [6, 6.07) is 10.2. The molecule has 6 nitrogen and oxygen atoms in total. The predicted octanol–water partition coefficient (Wildman–Crippen LogP) is 1.10. The quantitative estimate of drug-likeness (QED) is 0.482. The Bertz CT molecular complexity index is 597. The van der Waals surface area contributed by atoms with Gasteiger partial charge < -0.3 is 16.5 Å². The van der Waals surface area contributed by atoms with Crippen molar-refractivity contribution in [1.29, 1.82) is 0 Å². The van der Waals surface area contributed by atoms with Crippen LogP contribution in [0.1, 0.15) is 17.0 Å². The van der Waals surface area contributed by atoms with E-state index in [9.17, 15) is 0 Å². The first-order valence-electron chi connectivity index (χ1n) is 6.19. The van der Waals surface area contributed by atoms with Crippen LogP contribution in [0.5, 0.6) is 0 Å². The number of benzene rings is 1. The van der Waals surface area contributed by atoms with Crippen LogP contribution in [0, 0.1) is 0 Å². The molecule has 19 heavy (non-hydrogen) atoms. The van der Waals surface area contributed by atoms with Gasteiger partial charge in [0, 0.05) is 18.5 Å². The lowest BCUT2D eigenvalue weighted by Gasteiger charge is -2.30. The highest BCUT2D eigenvalue weighted by molar-refractivity contribution is 5.51. The molecule has 0 saturated heterocycles. The fourth-order valence-electron chi connectivity index (χ4n) is 2.40. The summed E-state index contributed by atoms with van der Waals surface area (Å²) in [7, 11) is 0. The second-order valence-electron chi connectivity index (χ2n) is 4.62. The van der Waals surface area contributed by atoms with E-state index in [1.165, 1.54) is 11.1 Å². The van der Waals surface area contributed by atoms with E-state index in [0.29, 0.717) is 17.6 Å². The Morgan fingerprint density at radius 3 is 2.79 bits per heavy atom. The number of nitrogen functional groups attached to an aromatic ring is 2. The molecule has 0 bridgehead atoms. The van der Waals surface area contributed by atoms with Crippen LogP contribution in [-0.4, -0.2) is 16.5 Å². The molecule has 0 fully saturated rings. The lowest BCUT2D eigenvalue weighted by Crippen LogP contribution is -2.24. The van der Waals surface area contributed by atoms with Gasteiger partial charge in [0.05, 0.1) is 0 Å². The van der Waals surface area contributed by atoms with Gasteiger partial charge in [0.15, 0.2) is 0 Å². The average molecular weight is 256 g/mol. The molecule has 3 rings (SSSR count). The molecular formula is C13H16N6. The van der Waals surface area contributed by atoms with Crippen molar-refractivity contribution < 1.29 is 0 Å². The first-order chi connectivity index (χ1) is 9.26. The van der Waals surface area contributed by atoms with Gasteiger partial charge in [-0.05, 0) is 17.5 Å². The Morgan fingerprint density at radius 2 is 2.00 bits per heavy atom. The molecule has 98 valence electrons. The predicted molar refractivity (Wildman–Crippen MR) is 75.6 cm³/mol. The van der Waals surface area contributed by atoms with Crippen LogP contribution < -0.4 is 22.3 Å². The Morgan fingerprint density at radius 1 is 1.21 bits per heavy atom. The molecular weight excluding hydrogens is 240 g/mol. The number of hydrogen-bond donors (Lipinski definition) is 4. The minimum atomic E-state index is 0.201. The fourth-order valence-corrected chi connectivity index (χ4v) is 2.40. The molecule has 1 atom stereocenters. The maximum Gasteiger partial charge on any atom is 0.223 e. The average Bonchev–Trinajstić information content (AvgIpc) is 2.39. The van der Waals surface area contributed by atoms with Crippen molar-refractivity contribution in [3.05, 3.63) is 41.5 Å². The molecule has 0 radical (unpaired) electrons. The van der Waals surface area contributed by atoms with Crippen LogP contribution >= 0.6 is 0 Å². The number of fused-ring (bicyclic) bond motifs is 1. The van der Waals surface area contributed by atoms with Crippen LogP contribution in [0.15, 0.2) is 30.3 Å². The molecule has 0 amide bonds. The Balaban J connectivity index is 1.66. The van der Waals surface area contributed by atoms with Crippen LogP contribution in [0.4, 0.5) is 17.6 Å². The van der Waals surface area contributed by atoms with Gasteiger partial charge in [-0.15, -0.1) is 0 Å². The summed E-state index contributed by atoms with van der Waals surface area (Å²) < 4.78 is 0. The topological polar surface area (TPSA) is 102 Å². The van der Waals surface area contributed by atoms with E-state index in [-0.39, 0.29) is 5.95 Å². The fraction of sp³-hybridized carbons (Fsp3) is 0.231. The van der Waals surface area contributed by atoms with Crippen LogP contribution in [0.25, 0.3) is 0 Å². The number of nitrogens with two attached hydrogens (primary N) is 2. The SMILES string of the molecule is NNc1cc(NCC2Cc3ccccc32)nc(N)n1. The summed E-state index contributed by atoms with van der Waals surface area (Å²) in [6.45, 7) is 0.831. The maximum atomic E-state index is 5.61. The summed E-state index contributed by atoms with van der Waals surface area (Å²) in [6.07, 6.45) is 1.10. The highest BCUT2D eigenvalue weighted by Crippen LogP contribution is 2.34. The molecule has 1 unspecified atom stereocenters. The summed E-state index contributed by atoms with van der Waals surface area (Å²) in [5, 5.41) is 3.28. The minimum absolute atomic E-state index is 0.201. The Kier molecular flexibility index (Phi) is 2.92. The molecule has 1 aromatic heterocycles. The largest absolute Gasteiger partial charge is 0.369 e. The van der Waals surface area contributed by atoms with Gasteiger partial charge in [-0.25, -0.2) is 5.84 Å². The Hall–Kier alpha value is -2.34. The molecule has 1 aromatic carbocycles. The highest BCUT2D eigenvalue weighted by Gasteiger charge is 2.24. The summed E-state index contributed by atoms with van der Waals surface area (Å²) in [4.78, 5) is 8.07. The zero-order valence-corrected chi connectivity index (χ0v) is 10.4. The van der Waals surface area contributed by atoms with Crippen molar-refractivity contribution >= 4 is 17.6 Å². The van der Waals surface area contributed by atoms with Crippen LogP contribution in [0.3, 0.4) is 0 Å². The van der Waals surface area contributed by atoms with Gasteiger partial charge in [0.1, 0.15) is 11.6 Å². The van der Waals surface area contributed by atoms with Crippen molar-refractivity contribution in [2.75, 3.05) is 23.0 Å². The second kappa shape index (κ2) is 4.74. The third-order valence-electron chi connectivity index (χ3n) is 3.38. The number of nitrogens with zero attached hydrogens (tertiary/aromatic N) is 2. The summed E-state index contributed by atoms with van der Waals surface area (Å²) in [5.41, 5.74) is 10.9. The number of aromatic nitrogens is 2. The molecule has 0 spiro atoms. The molecule has 1 aliphatic rings. The lowest BCUT2D eigenvalue weighted by molar-refractivity contribution is 0.634. The molecule has 0 aliphatic heterocycles. The van der Waals surface area contributed by atoms with Gasteiger partial charge in [-0.1, -0.05) is 24.3 Å². The van der Waals surface area contributed by atoms with E-state index in [2.05, 4.69) is 45.0 Å². The molecule has 0 saturated carbocycles. The Labute approximate surface area is 111 Å². The maximum absolute atomic E-state index is 5.61. The molecule has 2 aromatic rings. The zero-order chi connectivity index (χ0) is 13.2. The third-order valence-corrected chi connectivity index (χ3v) is 3.38. The van der Waals surface area contributed by atoms with E-state index in [1.54, 1.807) is 6.07 Å². The van der Waals surface area contributed by atoms with E-state index in [1.807, 2.05) is 0 Å². The standard InChI is InChI=1S/C13H16N6/c14-13-17-11(6-12(18-13)19-15)16-7-9-5-8-3-1-2-4-10(8)9/h1-4,6,9H,5,7,15H2,(H4,14,16,17,18,19). The van der Waals surface area contributed by atoms with E-state index in [0.717, 1.165) is 13.0 Å². The van der Waals surface area contributed by atoms with Gasteiger partial charge >= 0.3 is 0 Å². The third kappa shape index (κ3) is 2.30. The lowest BCUT2D eigenvalue weighted by atomic mass is 9.78. The smallest absolute Gasteiger partial charge is 0.223 e. The first-order valence-corrected chi connectivity index (χ1v) is 6.19. The summed E-state index contributed by atoms with van der Waals surface area (Å²) in [5.74, 6) is 7.24. The molecule has 6 N–H and O–H groups in total. The zero-order valence-electron chi connectivity index (χ0n) is 10.4. The van der Waals surface area contributed by atoms with Crippen LogP contribution in [0.2, 0.25) is 0 Å². The molecule has 1 heterocycles. The number of rotatable bonds is 4. The van der Waals surface area contributed by atoms with E-state index in [4.69, 9.17) is 11.6 Å². The number of nitrogens with one attached hydrogen (secondary N) is 2. The second-order valence-corrected chi connectivity index (χ2v) is 4.62. The van der Waals surface area contributed by atoms with Gasteiger partial charge in [-0.3, -0.25) is 0 Å². The number of hydrogen-bond acceptors (Lipinski definition) is 6. The van der Waals surface area contributed by atoms with E-state index < -0.39 is 0 Å². The first kappa shape index (κ1) is 11.7.